The quantitative estimate of drug-likeness (QED) is 0.323. The van der Waals surface area contributed by atoms with E-state index in [1.165, 1.54) is 0 Å². The van der Waals surface area contributed by atoms with Gasteiger partial charge in [0, 0.05) is 10.7 Å². The second-order valence-electron chi connectivity index (χ2n) is 4.27. The van der Waals surface area contributed by atoms with Gasteiger partial charge in [0.25, 0.3) is 0 Å². The summed E-state index contributed by atoms with van der Waals surface area (Å²) >= 11 is 6.73. The predicted molar refractivity (Wildman–Crippen MR) is 88.3 cm³/mol. The minimum atomic E-state index is -0.310. The Kier molecular flexibility index (Phi) is 9.75. The first kappa shape index (κ1) is 17.5. The molecule has 0 fully saturated rings. The van der Waals surface area contributed by atoms with Gasteiger partial charge in [-0.1, -0.05) is 44.0 Å². The maximum Gasteiger partial charge on any atom is 0.341 e. The van der Waals surface area contributed by atoms with E-state index in [9.17, 15) is 4.79 Å². The zero-order chi connectivity index (χ0) is 14.6. The maximum absolute atomic E-state index is 12.0. The number of ether oxygens (including phenoxy) is 2. The predicted octanol–water partition coefficient (Wildman–Crippen LogP) is 4.57. The number of alkyl halides is 2. The summed E-state index contributed by atoms with van der Waals surface area (Å²) in [5.74, 6) is 0.295. The number of hydrogen-bond acceptors (Lipinski definition) is 3. The second-order valence-corrected chi connectivity index (χ2v) is 5.86. The van der Waals surface area contributed by atoms with Gasteiger partial charge in [-0.15, -0.1) is 0 Å². The van der Waals surface area contributed by atoms with Crippen LogP contribution in [-0.4, -0.2) is 29.8 Å². The molecule has 1 aromatic rings. The first-order valence-electron chi connectivity index (χ1n) is 6.80. The topological polar surface area (TPSA) is 35.5 Å². The average molecular weight is 408 g/mol. The molecule has 5 heteroatoms. The number of carbonyl (C=O) groups excluding carboxylic acids is 1. The molecule has 0 aliphatic heterocycles. The Morgan fingerprint density at radius 2 is 1.60 bits per heavy atom. The fraction of sp³-hybridized carbons (Fsp3) is 0.533. The van der Waals surface area contributed by atoms with E-state index in [2.05, 4.69) is 31.9 Å². The zero-order valence-corrected chi connectivity index (χ0v) is 14.6. The van der Waals surface area contributed by atoms with Crippen molar-refractivity contribution in [2.75, 3.05) is 23.9 Å². The van der Waals surface area contributed by atoms with Gasteiger partial charge in [0.1, 0.15) is 11.3 Å². The summed E-state index contributed by atoms with van der Waals surface area (Å²) in [5, 5.41) is 1.89. The third-order valence-corrected chi connectivity index (χ3v) is 3.78. The summed E-state index contributed by atoms with van der Waals surface area (Å²) < 4.78 is 10.9. The van der Waals surface area contributed by atoms with Crippen molar-refractivity contribution in [3.8, 4) is 5.75 Å². The molecule has 0 amide bonds. The van der Waals surface area contributed by atoms with E-state index >= 15 is 0 Å². The fourth-order valence-electron chi connectivity index (χ4n) is 1.58. The summed E-state index contributed by atoms with van der Waals surface area (Å²) in [6.45, 7) is 1.06. The van der Waals surface area contributed by atoms with Gasteiger partial charge in [-0.3, -0.25) is 0 Å². The summed E-state index contributed by atoms with van der Waals surface area (Å²) in [6, 6.07) is 7.23. The Labute approximate surface area is 137 Å². The molecule has 0 saturated heterocycles. The molecule has 112 valence electrons. The lowest BCUT2D eigenvalue weighted by Gasteiger charge is -2.11. The SMILES string of the molecule is O=C(OCCCCBr)c1ccccc1OCCCCBr. The van der Waals surface area contributed by atoms with Gasteiger partial charge >= 0.3 is 5.97 Å². The number of para-hydroxylation sites is 1. The van der Waals surface area contributed by atoms with Crippen LogP contribution in [0.5, 0.6) is 5.75 Å². The van der Waals surface area contributed by atoms with Gasteiger partial charge in [-0.05, 0) is 37.8 Å². The Balaban J connectivity index is 2.48. The standard InChI is InChI=1S/C15H20Br2O3/c16-9-3-5-11-19-14-8-2-1-7-13(14)15(18)20-12-6-4-10-17/h1-2,7-8H,3-6,9-12H2. The van der Waals surface area contributed by atoms with Crippen LogP contribution < -0.4 is 4.74 Å². The molecule has 0 saturated carbocycles. The molecule has 0 spiro atoms. The van der Waals surface area contributed by atoms with Crippen LogP contribution in [0.2, 0.25) is 0 Å². The van der Waals surface area contributed by atoms with E-state index in [1.807, 2.05) is 18.2 Å². The van der Waals surface area contributed by atoms with Gasteiger partial charge < -0.3 is 9.47 Å². The molecule has 0 N–H and O–H groups in total. The van der Waals surface area contributed by atoms with E-state index in [1.54, 1.807) is 6.07 Å². The maximum atomic E-state index is 12.0. The molecule has 0 radical (unpaired) electrons. The van der Waals surface area contributed by atoms with Crippen LogP contribution >= 0.6 is 31.9 Å². The third kappa shape index (κ3) is 6.75. The van der Waals surface area contributed by atoms with Crippen LogP contribution in [0.15, 0.2) is 24.3 Å². The number of unbranched alkanes of at least 4 members (excludes halogenated alkanes) is 2. The second kappa shape index (κ2) is 11.1. The fourth-order valence-corrected chi connectivity index (χ4v) is 2.37. The van der Waals surface area contributed by atoms with Crippen molar-refractivity contribution in [3.05, 3.63) is 29.8 Å². The lowest BCUT2D eigenvalue weighted by atomic mass is 10.2. The first-order valence-corrected chi connectivity index (χ1v) is 9.04. The van der Waals surface area contributed by atoms with E-state index in [0.717, 1.165) is 36.3 Å². The van der Waals surface area contributed by atoms with Gasteiger partial charge in [0.05, 0.1) is 13.2 Å². The van der Waals surface area contributed by atoms with Crippen molar-refractivity contribution in [2.24, 2.45) is 0 Å². The minimum absolute atomic E-state index is 0.310. The summed E-state index contributed by atoms with van der Waals surface area (Å²) in [4.78, 5) is 12.0. The van der Waals surface area contributed by atoms with Crippen LogP contribution in [-0.2, 0) is 4.74 Å². The van der Waals surface area contributed by atoms with Crippen molar-refractivity contribution >= 4 is 37.8 Å². The highest BCUT2D eigenvalue weighted by Gasteiger charge is 2.13. The molecule has 0 aliphatic carbocycles. The van der Waals surface area contributed by atoms with Gasteiger partial charge in [-0.25, -0.2) is 4.79 Å². The molecule has 0 atom stereocenters. The first-order chi connectivity index (χ1) is 9.79. The average Bonchev–Trinajstić information content (AvgIpc) is 2.48. The smallest absolute Gasteiger partial charge is 0.341 e. The Morgan fingerprint density at radius 3 is 2.30 bits per heavy atom. The van der Waals surface area contributed by atoms with Crippen molar-refractivity contribution < 1.29 is 14.3 Å². The molecule has 20 heavy (non-hydrogen) atoms. The van der Waals surface area contributed by atoms with E-state index < -0.39 is 0 Å². The van der Waals surface area contributed by atoms with Crippen molar-refractivity contribution in [1.82, 2.24) is 0 Å². The number of hydrogen-bond donors (Lipinski definition) is 0. The number of esters is 1. The molecule has 0 aliphatic rings. The number of rotatable bonds is 10. The highest BCUT2D eigenvalue weighted by Crippen LogP contribution is 2.19. The number of benzene rings is 1. The Hall–Kier alpha value is -0.550. The van der Waals surface area contributed by atoms with Gasteiger partial charge in [0.2, 0.25) is 0 Å². The van der Waals surface area contributed by atoms with Crippen LogP contribution in [0.1, 0.15) is 36.0 Å². The lowest BCUT2D eigenvalue weighted by Crippen LogP contribution is -2.09. The van der Waals surface area contributed by atoms with E-state index in [4.69, 9.17) is 9.47 Å². The number of carbonyl (C=O) groups is 1. The molecule has 0 unspecified atom stereocenters. The molecule has 0 bridgehead atoms. The summed E-state index contributed by atoms with van der Waals surface area (Å²) in [5.41, 5.74) is 0.505. The molecular formula is C15H20Br2O3. The van der Waals surface area contributed by atoms with E-state index in [-0.39, 0.29) is 5.97 Å². The van der Waals surface area contributed by atoms with Crippen molar-refractivity contribution in [2.45, 2.75) is 25.7 Å². The highest BCUT2D eigenvalue weighted by molar-refractivity contribution is 9.09. The highest BCUT2D eigenvalue weighted by atomic mass is 79.9. The monoisotopic (exact) mass is 406 g/mol. The lowest BCUT2D eigenvalue weighted by molar-refractivity contribution is 0.0495. The molecule has 0 heterocycles. The van der Waals surface area contributed by atoms with E-state index in [0.29, 0.717) is 24.5 Å². The van der Waals surface area contributed by atoms with Crippen LogP contribution in [0, 0.1) is 0 Å². The third-order valence-electron chi connectivity index (χ3n) is 2.65. The summed E-state index contributed by atoms with van der Waals surface area (Å²) in [7, 11) is 0. The summed E-state index contributed by atoms with van der Waals surface area (Å²) in [6.07, 6.45) is 3.88. The van der Waals surface area contributed by atoms with Crippen LogP contribution in [0.25, 0.3) is 0 Å². The van der Waals surface area contributed by atoms with Crippen LogP contribution in [0.3, 0.4) is 0 Å². The molecular weight excluding hydrogens is 388 g/mol. The normalized spacial score (nSPS) is 10.3. The number of halogens is 2. The van der Waals surface area contributed by atoms with Gasteiger partial charge in [-0.2, -0.15) is 0 Å². The Morgan fingerprint density at radius 1 is 0.950 bits per heavy atom. The van der Waals surface area contributed by atoms with Gasteiger partial charge in [0.15, 0.2) is 0 Å². The molecule has 1 rings (SSSR count). The van der Waals surface area contributed by atoms with Crippen molar-refractivity contribution in [3.63, 3.8) is 0 Å². The molecule has 1 aromatic carbocycles. The van der Waals surface area contributed by atoms with Crippen molar-refractivity contribution in [1.29, 1.82) is 0 Å². The Bertz CT molecular complexity index is 396. The molecule has 3 nitrogen and oxygen atoms in total. The minimum Gasteiger partial charge on any atom is -0.493 e. The zero-order valence-electron chi connectivity index (χ0n) is 11.4. The molecule has 0 aromatic heterocycles. The largest absolute Gasteiger partial charge is 0.493 e. The van der Waals surface area contributed by atoms with Crippen LogP contribution in [0.4, 0.5) is 0 Å².